The molecule has 0 unspecified atom stereocenters. The molecule has 3 rings (SSSR count). The number of aromatic nitrogens is 1. The van der Waals surface area contributed by atoms with Gasteiger partial charge in [0.15, 0.2) is 5.75 Å². The number of benzene rings is 1. The zero-order chi connectivity index (χ0) is 19.4. The summed E-state index contributed by atoms with van der Waals surface area (Å²) in [5, 5.41) is 15.0. The summed E-state index contributed by atoms with van der Waals surface area (Å²) in [7, 11) is 0. The van der Waals surface area contributed by atoms with Gasteiger partial charge >= 0.3 is 0 Å². The van der Waals surface area contributed by atoms with Crippen molar-refractivity contribution >= 4 is 57.5 Å². The number of rotatable bonds is 6. The van der Waals surface area contributed by atoms with Crippen LogP contribution in [0.1, 0.15) is 24.4 Å². The van der Waals surface area contributed by atoms with Gasteiger partial charge in [-0.15, -0.1) is 22.7 Å². The number of thiazole rings is 1. The minimum absolute atomic E-state index is 0.365. The Labute approximate surface area is 176 Å². The van der Waals surface area contributed by atoms with Gasteiger partial charge < -0.3 is 4.74 Å². The first-order valence-electron chi connectivity index (χ1n) is 8.21. The van der Waals surface area contributed by atoms with Crippen molar-refractivity contribution in [3.63, 3.8) is 0 Å². The average Bonchev–Trinajstić information content (AvgIpc) is 3.30. The van der Waals surface area contributed by atoms with Crippen LogP contribution in [0, 0.1) is 17.2 Å². The van der Waals surface area contributed by atoms with Crippen molar-refractivity contribution in [3.8, 4) is 22.4 Å². The lowest BCUT2D eigenvalue weighted by Crippen LogP contribution is -2.05. The zero-order valence-corrected chi connectivity index (χ0v) is 17.8. The molecule has 3 aromatic rings. The molecule has 0 N–H and O–H groups in total. The zero-order valence-electron chi connectivity index (χ0n) is 14.7. The molecule has 2 heterocycles. The predicted octanol–water partition coefficient (Wildman–Crippen LogP) is 7.28. The number of nitrogens with zero attached hydrogens (tertiary/aromatic N) is 2. The van der Waals surface area contributed by atoms with Crippen LogP contribution < -0.4 is 4.74 Å². The molecule has 0 saturated heterocycles. The van der Waals surface area contributed by atoms with E-state index in [1.807, 2.05) is 22.9 Å². The largest absolute Gasteiger partial charge is 0.490 e. The summed E-state index contributed by atoms with van der Waals surface area (Å²) < 4.78 is 5.69. The number of thiophene rings is 1. The van der Waals surface area contributed by atoms with Crippen molar-refractivity contribution in [3.05, 3.63) is 55.6 Å². The highest BCUT2D eigenvalue weighted by Crippen LogP contribution is 2.36. The Morgan fingerprint density at radius 2 is 2.04 bits per heavy atom. The standard InChI is InChI=1S/C20H16Cl2N2OS2/c1-12(2)10-25-19-15(21)7-13(8-16(19)22)6-14(9-23)20-24-17(11-27-20)18-4-3-5-26-18/h3-8,11-12H,10H2,1-2H3/b14-6-. The Hall–Kier alpha value is -1.84. The first-order valence-corrected chi connectivity index (χ1v) is 10.7. The molecule has 1 aromatic carbocycles. The fourth-order valence-corrected chi connectivity index (χ4v) is 4.45. The van der Waals surface area contributed by atoms with Crippen LogP contribution in [-0.4, -0.2) is 11.6 Å². The number of hydrogen-bond donors (Lipinski definition) is 0. The second-order valence-corrected chi connectivity index (χ2v) is 8.82. The van der Waals surface area contributed by atoms with Crippen LogP contribution in [0.15, 0.2) is 35.0 Å². The summed E-state index contributed by atoms with van der Waals surface area (Å²) in [6.07, 6.45) is 1.74. The van der Waals surface area contributed by atoms with Gasteiger partial charge in [0.05, 0.1) is 32.8 Å². The minimum Gasteiger partial charge on any atom is -0.490 e. The van der Waals surface area contributed by atoms with Gasteiger partial charge in [-0.05, 0) is 41.1 Å². The quantitative estimate of drug-likeness (QED) is 0.382. The average molecular weight is 435 g/mol. The van der Waals surface area contributed by atoms with Crippen molar-refractivity contribution in [2.75, 3.05) is 6.61 Å². The van der Waals surface area contributed by atoms with E-state index in [1.165, 1.54) is 11.3 Å². The number of ether oxygens (including phenoxy) is 1. The molecule has 3 nitrogen and oxygen atoms in total. The molecule has 0 saturated carbocycles. The molecule has 0 atom stereocenters. The Morgan fingerprint density at radius 1 is 1.30 bits per heavy atom. The molecule has 138 valence electrons. The van der Waals surface area contributed by atoms with Crippen molar-refractivity contribution in [2.24, 2.45) is 5.92 Å². The van der Waals surface area contributed by atoms with Gasteiger partial charge in [-0.3, -0.25) is 0 Å². The third kappa shape index (κ3) is 4.91. The van der Waals surface area contributed by atoms with Crippen molar-refractivity contribution in [1.82, 2.24) is 4.98 Å². The van der Waals surface area contributed by atoms with Gasteiger partial charge in [-0.2, -0.15) is 5.26 Å². The monoisotopic (exact) mass is 434 g/mol. The maximum Gasteiger partial charge on any atom is 0.156 e. The van der Waals surface area contributed by atoms with Crippen LogP contribution in [0.4, 0.5) is 0 Å². The normalized spacial score (nSPS) is 11.6. The van der Waals surface area contributed by atoms with E-state index in [1.54, 1.807) is 29.5 Å². The topological polar surface area (TPSA) is 45.9 Å². The van der Waals surface area contributed by atoms with Crippen LogP contribution in [0.5, 0.6) is 5.75 Å². The summed E-state index contributed by atoms with van der Waals surface area (Å²) >= 11 is 15.7. The Bertz CT molecular complexity index is 978. The first-order chi connectivity index (χ1) is 13.0. The van der Waals surface area contributed by atoms with Crippen LogP contribution in [-0.2, 0) is 0 Å². The van der Waals surface area contributed by atoms with Crippen LogP contribution in [0.3, 0.4) is 0 Å². The van der Waals surface area contributed by atoms with Crippen LogP contribution >= 0.6 is 45.9 Å². The molecule has 0 fully saturated rings. The van der Waals surface area contributed by atoms with Crippen molar-refractivity contribution < 1.29 is 4.74 Å². The summed E-state index contributed by atoms with van der Waals surface area (Å²) in [4.78, 5) is 5.66. The van der Waals surface area contributed by atoms with E-state index in [-0.39, 0.29) is 0 Å². The second-order valence-electron chi connectivity index (χ2n) is 6.20. The molecule has 2 aromatic heterocycles. The maximum absolute atomic E-state index is 9.58. The lowest BCUT2D eigenvalue weighted by Gasteiger charge is -2.12. The lowest BCUT2D eigenvalue weighted by atomic mass is 10.1. The van der Waals surface area contributed by atoms with Gasteiger partial charge in [-0.1, -0.05) is 43.1 Å². The molecule has 0 aliphatic carbocycles. The van der Waals surface area contributed by atoms with Crippen molar-refractivity contribution in [2.45, 2.75) is 13.8 Å². The van der Waals surface area contributed by atoms with E-state index in [9.17, 15) is 5.26 Å². The molecule has 0 aliphatic heterocycles. The van der Waals surface area contributed by atoms with E-state index >= 15 is 0 Å². The molecule has 7 heteroatoms. The molecule has 0 bridgehead atoms. The molecular formula is C20H16Cl2N2OS2. The van der Waals surface area contributed by atoms with Gasteiger partial charge in [0.1, 0.15) is 11.1 Å². The number of nitriles is 1. The molecule has 27 heavy (non-hydrogen) atoms. The highest BCUT2D eigenvalue weighted by atomic mass is 35.5. The summed E-state index contributed by atoms with van der Waals surface area (Å²) in [6, 6.07) is 9.69. The highest BCUT2D eigenvalue weighted by Gasteiger charge is 2.13. The lowest BCUT2D eigenvalue weighted by molar-refractivity contribution is 0.271. The fourth-order valence-electron chi connectivity index (χ4n) is 2.29. The van der Waals surface area contributed by atoms with E-state index in [2.05, 4.69) is 24.9 Å². The van der Waals surface area contributed by atoms with E-state index < -0.39 is 0 Å². The molecule has 0 radical (unpaired) electrons. The summed E-state index contributed by atoms with van der Waals surface area (Å²) in [5.41, 5.74) is 2.07. The molecule has 0 aliphatic rings. The van der Waals surface area contributed by atoms with E-state index in [0.29, 0.717) is 38.9 Å². The SMILES string of the molecule is CC(C)COc1c(Cl)cc(/C=C(/C#N)c2nc(-c3cccs3)cs2)cc1Cl. The van der Waals surface area contributed by atoms with Gasteiger partial charge in [-0.25, -0.2) is 4.98 Å². The highest BCUT2D eigenvalue weighted by molar-refractivity contribution is 7.14. The fraction of sp³-hybridized carbons (Fsp3) is 0.200. The Kier molecular flexibility index (Phi) is 6.56. The summed E-state index contributed by atoms with van der Waals surface area (Å²) in [6.45, 7) is 4.63. The van der Waals surface area contributed by atoms with Gasteiger partial charge in [0, 0.05) is 5.38 Å². The predicted molar refractivity (Wildman–Crippen MR) is 116 cm³/mol. The van der Waals surface area contributed by atoms with Gasteiger partial charge in [0.2, 0.25) is 0 Å². The first kappa shape index (κ1) is 19.9. The molecule has 0 amide bonds. The Morgan fingerprint density at radius 3 is 2.63 bits per heavy atom. The second kappa shape index (κ2) is 8.90. The molecule has 0 spiro atoms. The third-order valence-electron chi connectivity index (χ3n) is 3.52. The molecular weight excluding hydrogens is 419 g/mol. The van der Waals surface area contributed by atoms with Crippen molar-refractivity contribution in [1.29, 1.82) is 5.26 Å². The number of hydrogen-bond acceptors (Lipinski definition) is 5. The number of halogens is 2. The van der Waals surface area contributed by atoms with E-state index in [0.717, 1.165) is 16.1 Å². The Balaban J connectivity index is 1.89. The third-order valence-corrected chi connectivity index (χ3v) is 5.85. The maximum atomic E-state index is 9.58. The minimum atomic E-state index is 0.365. The summed E-state index contributed by atoms with van der Waals surface area (Å²) in [5.74, 6) is 0.835. The van der Waals surface area contributed by atoms with Crippen LogP contribution in [0.25, 0.3) is 22.2 Å². The van der Waals surface area contributed by atoms with E-state index in [4.69, 9.17) is 27.9 Å². The smallest absolute Gasteiger partial charge is 0.156 e. The van der Waals surface area contributed by atoms with Crippen LogP contribution in [0.2, 0.25) is 10.0 Å². The number of allylic oxidation sites excluding steroid dienone is 1. The van der Waals surface area contributed by atoms with Gasteiger partial charge in [0.25, 0.3) is 0 Å².